The number of hydrogen-bond donors (Lipinski definition) is 0. The van der Waals surface area contributed by atoms with Crippen molar-refractivity contribution in [3.8, 4) is 17.0 Å². The summed E-state index contributed by atoms with van der Waals surface area (Å²) in [5, 5.41) is 0.634. The summed E-state index contributed by atoms with van der Waals surface area (Å²) in [6.07, 6.45) is 0. The molecule has 0 saturated carbocycles. The molecule has 6 heteroatoms. The van der Waals surface area contributed by atoms with E-state index in [1.807, 2.05) is 12.1 Å². The molecule has 0 radical (unpaired) electrons. The van der Waals surface area contributed by atoms with Gasteiger partial charge >= 0.3 is 0 Å². The Morgan fingerprint density at radius 1 is 1.05 bits per heavy atom. The Bertz CT molecular complexity index is 798. The van der Waals surface area contributed by atoms with Crippen molar-refractivity contribution in [2.24, 2.45) is 0 Å². The van der Waals surface area contributed by atoms with E-state index in [0.717, 1.165) is 17.3 Å². The van der Waals surface area contributed by atoms with Crippen LogP contribution in [0, 0.1) is 0 Å². The van der Waals surface area contributed by atoms with Crippen LogP contribution in [0.1, 0.15) is 16.1 Å². The molecule has 22 heavy (non-hydrogen) atoms. The smallest absolute Gasteiger partial charge is 0.214 e. The summed E-state index contributed by atoms with van der Waals surface area (Å²) in [5.41, 5.74) is 2.28. The van der Waals surface area contributed by atoms with Crippen LogP contribution in [-0.2, 0) is 0 Å². The lowest BCUT2D eigenvalue weighted by molar-refractivity contribution is 0.103. The van der Waals surface area contributed by atoms with Crippen molar-refractivity contribution in [2.45, 2.75) is 0 Å². The fraction of sp³-hybridized carbons (Fsp3) is 0.0625. The molecule has 0 amide bonds. The average Bonchev–Trinajstić information content (AvgIpc) is 3.04. The minimum Gasteiger partial charge on any atom is -0.497 e. The number of ketones is 1. The van der Waals surface area contributed by atoms with Crippen molar-refractivity contribution in [3.63, 3.8) is 0 Å². The third-order valence-corrected chi connectivity index (χ3v) is 3.95. The van der Waals surface area contributed by atoms with Crippen LogP contribution in [0.3, 0.4) is 0 Å². The second-order valence-corrected chi connectivity index (χ2v) is 5.49. The first kappa shape index (κ1) is 14.7. The molecular weight excluding hydrogens is 320 g/mol. The third-order valence-electron chi connectivity index (χ3n) is 3.17. The molecular formula is C16H11ClN2O2S. The summed E-state index contributed by atoms with van der Waals surface area (Å²) in [6.45, 7) is 0. The van der Waals surface area contributed by atoms with Crippen molar-refractivity contribution >= 4 is 29.1 Å². The van der Waals surface area contributed by atoms with Crippen molar-refractivity contribution in [1.29, 1.82) is 0 Å². The van der Waals surface area contributed by atoms with Gasteiger partial charge in [-0.3, -0.25) is 4.79 Å². The van der Waals surface area contributed by atoms with E-state index in [0.29, 0.717) is 27.7 Å². The number of carbonyl (C=O) groups excluding carboxylic acids is 1. The molecule has 0 bridgehead atoms. The maximum Gasteiger partial charge on any atom is 0.214 e. The van der Waals surface area contributed by atoms with Crippen LogP contribution in [-0.4, -0.2) is 21.6 Å². The van der Waals surface area contributed by atoms with Crippen molar-refractivity contribution in [2.75, 3.05) is 7.11 Å². The summed E-state index contributed by atoms with van der Waals surface area (Å²) >= 11 is 6.91. The van der Waals surface area contributed by atoms with E-state index >= 15 is 0 Å². The quantitative estimate of drug-likeness (QED) is 0.676. The van der Waals surface area contributed by atoms with Crippen LogP contribution in [0.25, 0.3) is 11.3 Å². The first-order valence-corrected chi connectivity index (χ1v) is 7.57. The van der Waals surface area contributed by atoms with E-state index in [2.05, 4.69) is 8.75 Å². The Morgan fingerprint density at radius 2 is 1.73 bits per heavy atom. The first-order valence-electron chi connectivity index (χ1n) is 6.46. The number of aromatic nitrogens is 2. The van der Waals surface area contributed by atoms with Gasteiger partial charge in [-0.2, -0.15) is 8.75 Å². The molecule has 0 N–H and O–H groups in total. The molecule has 1 aromatic heterocycles. The van der Waals surface area contributed by atoms with Crippen molar-refractivity contribution in [1.82, 2.24) is 8.75 Å². The summed E-state index contributed by atoms with van der Waals surface area (Å²) in [6, 6.07) is 14.1. The maximum absolute atomic E-state index is 12.6. The van der Waals surface area contributed by atoms with E-state index in [1.165, 1.54) is 0 Å². The molecule has 2 aromatic carbocycles. The molecule has 0 saturated heterocycles. The van der Waals surface area contributed by atoms with Crippen molar-refractivity contribution in [3.05, 3.63) is 64.8 Å². The normalized spacial score (nSPS) is 10.5. The van der Waals surface area contributed by atoms with Gasteiger partial charge in [0.1, 0.15) is 11.4 Å². The van der Waals surface area contributed by atoms with Crippen LogP contribution in [0.2, 0.25) is 5.02 Å². The zero-order valence-electron chi connectivity index (χ0n) is 11.6. The number of rotatable bonds is 4. The summed E-state index contributed by atoms with van der Waals surface area (Å²) in [7, 11) is 1.58. The largest absolute Gasteiger partial charge is 0.497 e. The summed E-state index contributed by atoms with van der Waals surface area (Å²) < 4.78 is 13.5. The zero-order chi connectivity index (χ0) is 15.5. The topological polar surface area (TPSA) is 52.1 Å². The monoisotopic (exact) mass is 330 g/mol. The van der Waals surface area contributed by atoms with Gasteiger partial charge in [-0.15, -0.1) is 0 Å². The van der Waals surface area contributed by atoms with Gasteiger partial charge < -0.3 is 4.74 Å². The number of benzene rings is 2. The van der Waals surface area contributed by atoms with Crippen LogP contribution < -0.4 is 4.74 Å². The molecule has 0 atom stereocenters. The van der Waals surface area contributed by atoms with Crippen molar-refractivity contribution < 1.29 is 9.53 Å². The predicted octanol–water partition coefficient (Wildman–Crippen LogP) is 4.10. The highest BCUT2D eigenvalue weighted by Gasteiger charge is 2.19. The highest BCUT2D eigenvalue weighted by Crippen LogP contribution is 2.25. The van der Waals surface area contributed by atoms with Crippen LogP contribution in [0.15, 0.2) is 48.5 Å². The highest BCUT2D eigenvalue weighted by molar-refractivity contribution is 6.99. The van der Waals surface area contributed by atoms with E-state index in [-0.39, 0.29) is 5.78 Å². The van der Waals surface area contributed by atoms with Gasteiger partial charge in [0.15, 0.2) is 5.69 Å². The lowest BCUT2D eigenvalue weighted by Crippen LogP contribution is -2.03. The van der Waals surface area contributed by atoms with Gasteiger partial charge in [-0.1, -0.05) is 23.7 Å². The SMILES string of the molecule is COc1ccc(C(=O)c2nsnc2-c2ccc(Cl)cc2)cc1. The molecule has 1 heterocycles. The van der Waals surface area contributed by atoms with Crippen LogP contribution >= 0.6 is 23.3 Å². The first-order chi connectivity index (χ1) is 10.7. The standard InChI is InChI=1S/C16H11ClN2O2S/c1-21-13-8-4-11(5-9-13)16(20)15-14(18-22-19-15)10-2-6-12(17)7-3-10/h2-9H,1H3. The molecule has 3 rings (SSSR count). The predicted molar refractivity (Wildman–Crippen MR) is 86.8 cm³/mol. The Kier molecular flexibility index (Phi) is 4.18. The second kappa shape index (κ2) is 6.25. The Balaban J connectivity index is 1.96. The molecule has 0 spiro atoms. The van der Waals surface area contributed by atoms with Gasteiger partial charge in [0.05, 0.1) is 18.8 Å². The molecule has 110 valence electrons. The van der Waals surface area contributed by atoms with Gasteiger partial charge in [-0.05, 0) is 36.4 Å². The van der Waals surface area contributed by atoms with E-state index in [4.69, 9.17) is 16.3 Å². The molecule has 0 aliphatic heterocycles. The average molecular weight is 331 g/mol. The Morgan fingerprint density at radius 3 is 2.36 bits per heavy atom. The minimum absolute atomic E-state index is 0.165. The number of methoxy groups -OCH3 is 1. The maximum atomic E-state index is 12.6. The summed E-state index contributed by atoms with van der Waals surface area (Å²) in [5.74, 6) is 0.534. The Labute approximate surface area is 136 Å². The molecule has 0 aliphatic carbocycles. The molecule has 0 fully saturated rings. The molecule has 3 aromatic rings. The number of nitrogens with zero attached hydrogens (tertiary/aromatic N) is 2. The number of halogens is 1. The summed E-state index contributed by atoms with van der Waals surface area (Å²) in [4.78, 5) is 12.6. The number of carbonyl (C=O) groups is 1. The van der Waals surface area contributed by atoms with Gasteiger partial charge in [0.2, 0.25) is 5.78 Å². The molecule has 0 aliphatic rings. The fourth-order valence-corrected chi connectivity index (χ4v) is 2.71. The highest BCUT2D eigenvalue weighted by atomic mass is 35.5. The Hall–Kier alpha value is -2.24. The molecule has 0 unspecified atom stereocenters. The van der Waals surface area contributed by atoms with E-state index in [1.54, 1.807) is 43.5 Å². The third kappa shape index (κ3) is 2.86. The number of hydrogen-bond acceptors (Lipinski definition) is 5. The van der Waals surface area contributed by atoms with E-state index < -0.39 is 0 Å². The van der Waals surface area contributed by atoms with Gasteiger partial charge in [-0.25, -0.2) is 0 Å². The number of ether oxygens (including phenoxy) is 1. The zero-order valence-corrected chi connectivity index (χ0v) is 13.2. The lowest BCUT2D eigenvalue weighted by Gasteiger charge is -2.03. The fourth-order valence-electron chi connectivity index (χ4n) is 2.01. The van der Waals surface area contributed by atoms with Crippen LogP contribution in [0.4, 0.5) is 0 Å². The minimum atomic E-state index is -0.165. The van der Waals surface area contributed by atoms with Crippen LogP contribution in [0.5, 0.6) is 5.75 Å². The molecule has 4 nitrogen and oxygen atoms in total. The van der Waals surface area contributed by atoms with Gasteiger partial charge in [0, 0.05) is 16.1 Å². The van der Waals surface area contributed by atoms with Gasteiger partial charge in [0.25, 0.3) is 0 Å². The van der Waals surface area contributed by atoms with E-state index in [9.17, 15) is 4.79 Å². The second-order valence-electron chi connectivity index (χ2n) is 4.53. The lowest BCUT2D eigenvalue weighted by atomic mass is 10.0.